The van der Waals surface area contributed by atoms with Crippen LogP contribution in [0, 0.1) is 0 Å². The average Bonchev–Trinajstić information content (AvgIpc) is 2.78. The van der Waals surface area contributed by atoms with E-state index in [1.165, 1.54) is 43.8 Å². The second-order valence-corrected chi connectivity index (χ2v) is 9.04. The van der Waals surface area contributed by atoms with Crippen molar-refractivity contribution in [3.8, 4) is 11.6 Å². The van der Waals surface area contributed by atoms with E-state index >= 15 is 0 Å². The number of nitrogens with one attached hydrogen (secondary N) is 2. The molecule has 0 unspecified atom stereocenters. The van der Waals surface area contributed by atoms with Gasteiger partial charge in [-0.05, 0) is 64.3 Å². The number of aryl methyl sites for hydroxylation is 1. The molecule has 3 rings (SSSR count). The molecule has 0 aliphatic heterocycles. The van der Waals surface area contributed by atoms with Crippen LogP contribution in [0.25, 0.3) is 0 Å². The summed E-state index contributed by atoms with van der Waals surface area (Å²) in [5.74, 6) is 0.206. The van der Waals surface area contributed by atoms with Gasteiger partial charge in [-0.3, -0.25) is 9.52 Å². The van der Waals surface area contributed by atoms with E-state index in [1.54, 1.807) is 6.07 Å². The molecule has 0 spiro atoms. The highest BCUT2D eigenvalue weighted by molar-refractivity contribution is 9.10. The number of anilines is 2. The maximum absolute atomic E-state index is 12.6. The molecule has 3 aromatic rings. The fraction of sp³-hybridized carbons (Fsp3) is 0.190. The number of methoxy groups -OCH3 is 1. The Morgan fingerprint density at radius 2 is 1.81 bits per heavy atom. The Balaban J connectivity index is 1.60. The van der Waals surface area contributed by atoms with E-state index in [1.807, 2.05) is 12.1 Å². The molecular weight excluding hydrogens is 500 g/mol. The molecule has 11 heteroatoms. The van der Waals surface area contributed by atoms with Crippen molar-refractivity contribution in [2.45, 2.75) is 18.2 Å². The molecule has 0 aliphatic carbocycles. The van der Waals surface area contributed by atoms with Gasteiger partial charge in [0.2, 0.25) is 5.82 Å². The summed E-state index contributed by atoms with van der Waals surface area (Å²) in [6, 6.07) is 11.4. The molecule has 2 N–H and O–H groups in total. The van der Waals surface area contributed by atoms with Gasteiger partial charge in [0.25, 0.3) is 21.8 Å². The second kappa shape index (κ2) is 10.4. The number of aromatic nitrogens is 2. The van der Waals surface area contributed by atoms with Crippen molar-refractivity contribution in [2.24, 2.45) is 0 Å². The van der Waals surface area contributed by atoms with Crippen molar-refractivity contribution in [1.29, 1.82) is 0 Å². The minimum absolute atomic E-state index is 0.0144. The quantitative estimate of drug-likeness (QED) is 0.441. The fourth-order valence-electron chi connectivity index (χ4n) is 2.67. The number of carbonyl (C=O) groups is 1. The van der Waals surface area contributed by atoms with Gasteiger partial charge in [-0.15, -0.1) is 0 Å². The molecule has 0 saturated heterocycles. The first-order valence-corrected chi connectivity index (χ1v) is 11.8. The maximum atomic E-state index is 12.6. The van der Waals surface area contributed by atoms with E-state index in [9.17, 15) is 13.2 Å². The third-order valence-corrected chi connectivity index (χ3v) is 6.28. The average molecular weight is 521 g/mol. The number of sulfonamides is 1. The van der Waals surface area contributed by atoms with Crippen LogP contribution in [0.4, 0.5) is 11.5 Å². The predicted octanol–water partition coefficient (Wildman–Crippen LogP) is 3.63. The molecule has 9 nitrogen and oxygen atoms in total. The van der Waals surface area contributed by atoms with Crippen molar-refractivity contribution in [2.75, 3.05) is 23.8 Å². The Hall–Kier alpha value is -3.18. The number of rotatable bonds is 9. The van der Waals surface area contributed by atoms with Crippen LogP contribution in [0.2, 0.25) is 0 Å². The third kappa shape index (κ3) is 5.95. The molecule has 0 fully saturated rings. The Bertz CT molecular complexity index is 1200. The zero-order valence-corrected chi connectivity index (χ0v) is 19.7. The number of nitrogens with zero attached hydrogens (tertiary/aromatic N) is 2. The summed E-state index contributed by atoms with van der Waals surface area (Å²) in [6.45, 7) is 1.85. The van der Waals surface area contributed by atoms with Gasteiger partial charge in [-0.25, -0.2) is 18.4 Å². The summed E-state index contributed by atoms with van der Waals surface area (Å²) < 4.78 is 38.8. The standard InChI is InChI=1S/C21H21BrN4O5S/c1-3-14-4-9-18(17(22)12-14)31-13-19(27)25-15-5-7-16(8-6-15)32(28,29)26-20-21(30-2)24-11-10-23-20/h4-12H,3,13H2,1-2H3,(H,23,26)(H,25,27). The summed E-state index contributed by atoms with van der Waals surface area (Å²) >= 11 is 3.43. The molecule has 0 bridgehead atoms. The smallest absolute Gasteiger partial charge is 0.263 e. The highest BCUT2D eigenvalue weighted by atomic mass is 79.9. The fourth-order valence-corrected chi connectivity index (χ4v) is 4.22. The van der Waals surface area contributed by atoms with Gasteiger partial charge in [-0.2, -0.15) is 0 Å². The third-order valence-electron chi connectivity index (χ3n) is 4.30. The molecular formula is C21H21BrN4O5S. The molecule has 1 amide bonds. The largest absolute Gasteiger partial charge is 0.483 e. The Kier molecular flexibility index (Phi) is 7.65. The van der Waals surface area contributed by atoms with Crippen LogP contribution in [0.3, 0.4) is 0 Å². The van der Waals surface area contributed by atoms with E-state index in [-0.39, 0.29) is 29.1 Å². The molecule has 0 radical (unpaired) electrons. The van der Waals surface area contributed by atoms with Crippen molar-refractivity contribution in [3.05, 3.63) is 64.9 Å². The Labute approximate surface area is 194 Å². The molecule has 1 aromatic heterocycles. The van der Waals surface area contributed by atoms with Crippen molar-refractivity contribution >= 4 is 43.4 Å². The molecule has 1 heterocycles. The van der Waals surface area contributed by atoms with Gasteiger partial charge in [0.15, 0.2) is 6.61 Å². The minimum Gasteiger partial charge on any atom is -0.483 e. The topological polar surface area (TPSA) is 120 Å². The number of benzene rings is 2. The van der Waals surface area contributed by atoms with Crippen LogP contribution in [-0.2, 0) is 21.2 Å². The lowest BCUT2D eigenvalue weighted by Gasteiger charge is -2.11. The molecule has 0 saturated carbocycles. The number of ether oxygens (including phenoxy) is 2. The van der Waals surface area contributed by atoms with Crippen LogP contribution in [-0.4, -0.2) is 38.0 Å². The number of carbonyl (C=O) groups excluding carboxylic acids is 1. The Morgan fingerprint density at radius 1 is 1.09 bits per heavy atom. The lowest BCUT2D eigenvalue weighted by atomic mass is 10.2. The molecule has 0 atom stereocenters. The molecule has 2 aromatic carbocycles. The normalized spacial score (nSPS) is 11.0. The Morgan fingerprint density at radius 3 is 2.47 bits per heavy atom. The zero-order valence-electron chi connectivity index (χ0n) is 17.3. The summed E-state index contributed by atoms with van der Waals surface area (Å²) in [4.78, 5) is 20.0. The van der Waals surface area contributed by atoms with Gasteiger partial charge in [0.05, 0.1) is 16.5 Å². The minimum atomic E-state index is -3.92. The summed E-state index contributed by atoms with van der Waals surface area (Å²) in [7, 11) is -2.56. The highest BCUT2D eigenvalue weighted by Gasteiger charge is 2.18. The van der Waals surface area contributed by atoms with Gasteiger partial charge in [-0.1, -0.05) is 13.0 Å². The van der Waals surface area contributed by atoms with Gasteiger partial charge in [0.1, 0.15) is 5.75 Å². The van der Waals surface area contributed by atoms with Gasteiger partial charge in [0, 0.05) is 18.1 Å². The van der Waals surface area contributed by atoms with Crippen LogP contribution < -0.4 is 19.5 Å². The number of hydrogen-bond acceptors (Lipinski definition) is 7. The van der Waals surface area contributed by atoms with E-state index < -0.39 is 10.0 Å². The first-order chi connectivity index (χ1) is 15.3. The highest BCUT2D eigenvalue weighted by Crippen LogP contribution is 2.26. The molecule has 168 valence electrons. The number of hydrogen-bond donors (Lipinski definition) is 2. The van der Waals surface area contributed by atoms with E-state index in [0.717, 1.165) is 16.5 Å². The van der Waals surface area contributed by atoms with E-state index in [0.29, 0.717) is 11.4 Å². The first-order valence-electron chi connectivity index (χ1n) is 9.51. The number of amides is 1. The van der Waals surface area contributed by atoms with Gasteiger partial charge < -0.3 is 14.8 Å². The first kappa shape index (κ1) is 23.5. The molecule has 0 aliphatic rings. The summed E-state index contributed by atoms with van der Waals surface area (Å²) in [5, 5.41) is 2.66. The second-order valence-electron chi connectivity index (χ2n) is 6.50. The zero-order chi connectivity index (χ0) is 23.1. The lowest BCUT2D eigenvalue weighted by molar-refractivity contribution is -0.118. The van der Waals surface area contributed by atoms with E-state index in [2.05, 4.69) is 42.9 Å². The summed E-state index contributed by atoms with van der Waals surface area (Å²) in [6.07, 6.45) is 3.63. The van der Waals surface area contributed by atoms with Crippen molar-refractivity contribution < 1.29 is 22.7 Å². The van der Waals surface area contributed by atoms with Crippen LogP contribution in [0.5, 0.6) is 11.6 Å². The number of halogens is 1. The van der Waals surface area contributed by atoms with Gasteiger partial charge >= 0.3 is 0 Å². The van der Waals surface area contributed by atoms with E-state index in [4.69, 9.17) is 9.47 Å². The van der Waals surface area contributed by atoms with Crippen molar-refractivity contribution in [3.63, 3.8) is 0 Å². The maximum Gasteiger partial charge on any atom is 0.263 e. The van der Waals surface area contributed by atoms with Crippen LogP contribution >= 0.6 is 15.9 Å². The molecule has 32 heavy (non-hydrogen) atoms. The monoisotopic (exact) mass is 520 g/mol. The lowest BCUT2D eigenvalue weighted by Crippen LogP contribution is -2.20. The van der Waals surface area contributed by atoms with Crippen LogP contribution in [0.1, 0.15) is 12.5 Å². The summed E-state index contributed by atoms with van der Waals surface area (Å²) in [5.41, 5.74) is 1.57. The predicted molar refractivity (Wildman–Crippen MR) is 123 cm³/mol. The van der Waals surface area contributed by atoms with Crippen LogP contribution in [0.15, 0.2) is 64.2 Å². The SMILES string of the molecule is CCc1ccc(OCC(=O)Nc2ccc(S(=O)(=O)Nc3nccnc3OC)cc2)c(Br)c1. The van der Waals surface area contributed by atoms with Crippen molar-refractivity contribution in [1.82, 2.24) is 9.97 Å².